The van der Waals surface area contributed by atoms with Crippen molar-refractivity contribution < 1.29 is 4.79 Å². The van der Waals surface area contributed by atoms with Crippen LogP contribution in [0.15, 0.2) is 65.6 Å². The highest BCUT2D eigenvalue weighted by molar-refractivity contribution is 7.16. The second-order valence-corrected chi connectivity index (χ2v) is 8.44. The number of carbonyl (C=O) groups is 1. The van der Waals surface area contributed by atoms with E-state index in [0.29, 0.717) is 26.8 Å². The molecule has 4 nitrogen and oxygen atoms in total. The van der Waals surface area contributed by atoms with Crippen LogP contribution in [0.2, 0.25) is 5.02 Å². The lowest BCUT2D eigenvalue weighted by atomic mass is 10.1. The van der Waals surface area contributed by atoms with E-state index in [1.807, 2.05) is 42.5 Å². The normalized spacial score (nSPS) is 10.9. The van der Waals surface area contributed by atoms with E-state index in [4.69, 9.17) is 11.6 Å². The van der Waals surface area contributed by atoms with Gasteiger partial charge in [0, 0.05) is 27.9 Å². The standard InChI is InChI=1S/C20H13ClN2O2S2/c21-14-7-5-12(6-8-14)9-15-11-22-20(26-15)23-18(24)17-10-13-3-1-2-4-16(13)19(25)27-17/h1-8,10-11H,9H2,(H,22,23,24). The summed E-state index contributed by atoms with van der Waals surface area (Å²) in [7, 11) is 0. The lowest BCUT2D eigenvalue weighted by Gasteiger charge is -2.02. The molecular weight excluding hydrogens is 400 g/mol. The molecule has 27 heavy (non-hydrogen) atoms. The van der Waals surface area contributed by atoms with Crippen LogP contribution in [0.25, 0.3) is 10.8 Å². The Morgan fingerprint density at radius 1 is 1.07 bits per heavy atom. The number of nitrogens with one attached hydrogen (secondary N) is 1. The minimum atomic E-state index is -0.324. The van der Waals surface area contributed by atoms with Gasteiger partial charge in [0.25, 0.3) is 5.91 Å². The number of hydrogen-bond acceptors (Lipinski definition) is 5. The number of carbonyl (C=O) groups excluding carboxylic acids is 1. The third-order valence-electron chi connectivity index (χ3n) is 3.96. The van der Waals surface area contributed by atoms with E-state index in [0.717, 1.165) is 27.2 Å². The van der Waals surface area contributed by atoms with Gasteiger partial charge in [-0.3, -0.25) is 14.9 Å². The van der Waals surface area contributed by atoms with E-state index < -0.39 is 0 Å². The topological polar surface area (TPSA) is 59.1 Å². The molecule has 4 rings (SSSR count). The summed E-state index contributed by atoms with van der Waals surface area (Å²) in [6.45, 7) is 0. The van der Waals surface area contributed by atoms with Crippen LogP contribution < -0.4 is 10.1 Å². The third kappa shape index (κ3) is 4.08. The Morgan fingerprint density at radius 3 is 2.67 bits per heavy atom. The van der Waals surface area contributed by atoms with Crippen molar-refractivity contribution in [2.75, 3.05) is 5.32 Å². The smallest absolute Gasteiger partial charge is 0.267 e. The highest BCUT2D eigenvalue weighted by atomic mass is 35.5. The van der Waals surface area contributed by atoms with Crippen molar-refractivity contribution in [2.45, 2.75) is 6.42 Å². The summed E-state index contributed by atoms with van der Waals surface area (Å²) in [6, 6.07) is 16.6. The highest BCUT2D eigenvalue weighted by Crippen LogP contribution is 2.23. The molecule has 0 aliphatic rings. The number of rotatable bonds is 4. The molecule has 7 heteroatoms. The van der Waals surface area contributed by atoms with Crippen LogP contribution in [0.4, 0.5) is 5.13 Å². The van der Waals surface area contributed by atoms with Gasteiger partial charge in [0.05, 0.1) is 4.88 Å². The van der Waals surface area contributed by atoms with Crippen molar-refractivity contribution >= 4 is 56.1 Å². The second kappa shape index (κ2) is 7.60. The van der Waals surface area contributed by atoms with E-state index in [9.17, 15) is 9.59 Å². The van der Waals surface area contributed by atoms with Crippen LogP contribution in [-0.2, 0) is 6.42 Å². The third-order valence-corrected chi connectivity index (χ3v) is 6.05. The average molecular weight is 413 g/mol. The van der Waals surface area contributed by atoms with Gasteiger partial charge in [-0.05, 0) is 35.2 Å². The number of benzene rings is 2. The Hall–Kier alpha value is -2.54. The zero-order chi connectivity index (χ0) is 18.8. The molecule has 2 aromatic heterocycles. The molecule has 0 fully saturated rings. The number of fused-ring (bicyclic) bond motifs is 1. The van der Waals surface area contributed by atoms with Crippen molar-refractivity contribution in [3.05, 3.63) is 90.7 Å². The molecule has 1 N–H and O–H groups in total. The van der Waals surface area contributed by atoms with Crippen LogP contribution in [0, 0.1) is 0 Å². The summed E-state index contributed by atoms with van der Waals surface area (Å²) >= 11 is 8.26. The average Bonchev–Trinajstić information content (AvgIpc) is 3.10. The Bertz CT molecular complexity index is 1180. The van der Waals surface area contributed by atoms with E-state index in [-0.39, 0.29) is 10.6 Å². The second-order valence-electron chi connectivity index (χ2n) is 5.87. The maximum absolute atomic E-state index is 12.5. The van der Waals surface area contributed by atoms with Crippen molar-refractivity contribution in [1.82, 2.24) is 4.98 Å². The molecule has 4 aromatic rings. The first-order valence-electron chi connectivity index (χ1n) is 8.12. The van der Waals surface area contributed by atoms with Gasteiger partial charge in [-0.1, -0.05) is 53.3 Å². The fraction of sp³-hybridized carbons (Fsp3) is 0.0500. The van der Waals surface area contributed by atoms with Crippen LogP contribution in [-0.4, -0.2) is 10.9 Å². The van der Waals surface area contributed by atoms with Gasteiger partial charge in [-0.25, -0.2) is 4.98 Å². The number of hydrogen-bond donors (Lipinski definition) is 1. The number of amides is 1. The number of anilines is 1. The lowest BCUT2D eigenvalue weighted by molar-refractivity contribution is 0.103. The Kier molecular flexibility index (Phi) is 5.03. The molecule has 2 aromatic carbocycles. The number of thiazole rings is 1. The Labute approximate surface area is 168 Å². The quantitative estimate of drug-likeness (QED) is 0.500. The summed E-state index contributed by atoms with van der Waals surface area (Å²) in [5, 5.41) is 5.38. The number of nitrogens with zero attached hydrogens (tertiary/aromatic N) is 1. The minimum absolute atomic E-state index is 0.124. The van der Waals surface area contributed by atoms with Crippen molar-refractivity contribution in [1.29, 1.82) is 0 Å². The number of aromatic nitrogens is 1. The van der Waals surface area contributed by atoms with Crippen LogP contribution in [0.3, 0.4) is 0 Å². The summed E-state index contributed by atoms with van der Waals surface area (Å²) in [5.41, 5.74) is 1.12. The fourth-order valence-corrected chi connectivity index (χ4v) is 4.45. The molecule has 0 aliphatic carbocycles. The molecule has 0 bridgehead atoms. The SMILES string of the molecule is O=C(Nc1ncc(Cc2ccc(Cl)cc2)s1)c1cc2ccccc2c(=O)s1. The molecule has 0 unspecified atom stereocenters. The predicted molar refractivity (Wildman–Crippen MR) is 112 cm³/mol. The molecule has 0 aliphatic heterocycles. The van der Waals surface area contributed by atoms with Gasteiger partial charge in [0.1, 0.15) is 0 Å². The molecule has 0 spiro atoms. The Balaban J connectivity index is 1.51. The number of halogens is 1. The van der Waals surface area contributed by atoms with E-state index in [1.165, 1.54) is 11.3 Å². The fourth-order valence-electron chi connectivity index (χ4n) is 2.66. The van der Waals surface area contributed by atoms with Gasteiger partial charge >= 0.3 is 0 Å². The van der Waals surface area contributed by atoms with Crippen molar-refractivity contribution in [3.8, 4) is 0 Å². The molecule has 0 radical (unpaired) electrons. The van der Waals surface area contributed by atoms with E-state index in [1.54, 1.807) is 18.3 Å². The minimum Gasteiger partial charge on any atom is -0.297 e. The van der Waals surface area contributed by atoms with Crippen molar-refractivity contribution in [2.24, 2.45) is 0 Å². The first kappa shape index (κ1) is 17.9. The summed E-state index contributed by atoms with van der Waals surface area (Å²) < 4.78 is -0.124. The van der Waals surface area contributed by atoms with E-state index >= 15 is 0 Å². The first-order valence-corrected chi connectivity index (χ1v) is 10.1. The van der Waals surface area contributed by atoms with Crippen LogP contribution >= 0.6 is 34.3 Å². The van der Waals surface area contributed by atoms with Gasteiger partial charge in [0.15, 0.2) is 5.13 Å². The molecule has 0 saturated carbocycles. The maximum Gasteiger partial charge on any atom is 0.267 e. The zero-order valence-electron chi connectivity index (χ0n) is 13.9. The lowest BCUT2D eigenvalue weighted by Crippen LogP contribution is -2.12. The molecule has 0 atom stereocenters. The van der Waals surface area contributed by atoms with Gasteiger partial charge < -0.3 is 0 Å². The molecule has 134 valence electrons. The van der Waals surface area contributed by atoms with Gasteiger partial charge in [0.2, 0.25) is 4.74 Å². The maximum atomic E-state index is 12.5. The zero-order valence-corrected chi connectivity index (χ0v) is 16.3. The van der Waals surface area contributed by atoms with Gasteiger partial charge in [-0.15, -0.1) is 11.3 Å². The monoisotopic (exact) mass is 412 g/mol. The van der Waals surface area contributed by atoms with Crippen LogP contribution in [0.5, 0.6) is 0 Å². The molecule has 1 amide bonds. The van der Waals surface area contributed by atoms with E-state index in [2.05, 4.69) is 10.3 Å². The summed E-state index contributed by atoms with van der Waals surface area (Å²) in [5.74, 6) is -0.324. The van der Waals surface area contributed by atoms with Crippen LogP contribution in [0.1, 0.15) is 20.1 Å². The summed E-state index contributed by atoms with van der Waals surface area (Å²) in [4.78, 5) is 30.4. The molecular formula is C20H13ClN2O2S2. The first-order chi connectivity index (χ1) is 13.1. The molecule has 2 heterocycles. The predicted octanol–water partition coefficient (Wildman–Crippen LogP) is 5.21. The Morgan fingerprint density at radius 2 is 1.85 bits per heavy atom. The highest BCUT2D eigenvalue weighted by Gasteiger charge is 2.13. The largest absolute Gasteiger partial charge is 0.297 e. The van der Waals surface area contributed by atoms with Gasteiger partial charge in [-0.2, -0.15) is 0 Å². The van der Waals surface area contributed by atoms with Crippen molar-refractivity contribution in [3.63, 3.8) is 0 Å². The molecule has 0 saturated heterocycles. The summed E-state index contributed by atoms with van der Waals surface area (Å²) in [6.07, 6.45) is 2.46.